The second kappa shape index (κ2) is 12.5. The highest BCUT2D eigenvalue weighted by molar-refractivity contribution is 14.1. The number of carbonyl (C=O) groups is 1. The van der Waals surface area contributed by atoms with Crippen LogP contribution in [0.1, 0.15) is 76.1 Å². The van der Waals surface area contributed by atoms with Crippen molar-refractivity contribution in [1.82, 2.24) is 4.57 Å². The molecule has 7 nitrogen and oxygen atoms in total. The average molecular weight is 661 g/mol. The lowest BCUT2D eigenvalue weighted by atomic mass is 9.92. The molecule has 9 heteroatoms. The molecular formula is C30H33IN2O5S. The van der Waals surface area contributed by atoms with Gasteiger partial charge in [-0.05, 0) is 83.7 Å². The third kappa shape index (κ3) is 5.99. The fourth-order valence-corrected chi connectivity index (χ4v) is 6.24. The first-order chi connectivity index (χ1) is 18.7. The minimum absolute atomic E-state index is 0.0733. The number of halogens is 1. The van der Waals surface area contributed by atoms with Crippen LogP contribution in [0.2, 0.25) is 0 Å². The zero-order chi connectivity index (χ0) is 28.3. The number of esters is 1. The Bertz CT molecular complexity index is 1580. The van der Waals surface area contributed by atoms with Crippen molar-refractivity contribution in [3.63, 3.8) is 0 Å². The van der Waals surface area contributed by atoms with Crippen molar-refractivity contribution in [1.29, 1.82) is 0 Å². The minimum atomic E-state index is -0.649. The van der Waals surface area contributed by atoms with Gasteiger partial charge >= 0.3 is 5.97 Å². The van der Waals surface area contributed by atoms with Gasteiger partial charge in [0.15, 0.2) is 16.3 Å². The molecule has 1 atom stereocenters. The van der Waals surface area contributed by atoms with Gasteiger partial charge in [-0.1, -0.05) is 62.8 Å². The van der Waals surface area contributed by atoms with Crippen LogP contribution in [0.4, 0.5) is 0 Å². The van der Waals surface area contributed by atoms with Gasteiger partial charge in [-0.3, -0.25) is 9.36 Å². The normalized spacial score (nSPS) is 15.4. The number of aromatic hydroxyl groups is 1. The standard InChI is InChI=1S/C30H33IN2O5S/c1-6-9-22-25(29(36)38-8-3)26(20-12-10-19(11-13-20)17(4)5)33-28(35)24(39-30(33)32-22)16-18-14-21(31)27(34)23(15-18)37-7-2/h10-17,26,34H,6-9H2,1-5H3/b24-16-/t26-/m1/s1. The first-order valence-electron chi connectivity index (χ1n) is 13.2. The molecule has 0 saturated heterocycles. The number of ether oxygens (including phenoxy) is 2. The monoisotopic (exact) mass is 660 g/mol. The summed E-state index contributed by atoms with van der Waals surface area (Å²) in [5, 5.41) is 10.4. The van der Waals surface area contributed by atoms with Gasteiger partial charge in [0.1, 0.15) is 0 Å². The molecule has 0 spiro atoms. The van der Waals surface area contributed by atoms with E-state index in [2.05, 4.69) is 13.8 Å². The van der Waals surface area contributed by atoms with Crippen molar-refractivity contribution in [3.05, 3.63) is 87.6 Å². The fourth-order valence-electron chi connectivity index (χ4n) is 4.59. The van der Waals surface area contributed by atoms with Crippen LogP contribution in [0.25, 0.3) is 6.08 Å². The van der Waals surface area contributed by atoms with Crippen molar-refractivity contribution >= 4 is 46.0 Å². The fraction of sp³-hybridized carbons (Fsp3) is 0.367. The number of hydrogen-bond donors (Lipinski definition) is 1. The summed E-state index contributed by atoms with van der Waals surface area (Å²) < 4.78 is 13.8. The number of phenols is 1. The molecular weight excluding hydrogens is 627 g/mol. The lowest BCUT2D eigenvalue weighted by Crippen LogP contribution is -2.40. The van der Waals surface area contributed by atoms with Crippen LogP contribution in [0.5, 0.6) is 11.5 Å². The Morgan fingerprint density at radius 1 is 1.18 bits per heavy atom. The maximum atomic E-state index is 14.0. The van der Waals surface area contributed by atoms with Gasteiger partial charge in [0.25, 0.3) is 5.56 Å². The first-order valence-corrected chi connectivity index (χ1v) is 15.1. The van der Waals surface area contributed by atoms with Crippen LogP contribution in [0, 0.1) is 3.57 Å². The molecule has 1 aliphatic rings. The highest BCUT2D eigenvalue weighted by Gasteiger charge is 2.34. The average Bonchev–Trinajstić information content (AvgIpc) is 3.21. The zero-order valence-electron chi connectivity index (χ0n) is 22.8. The van der Waals surface area contributed by atoms with Gasteiger partial charge in [-0.25, -0.2) is 9.79 Å². The Morgan fingerprint density at radius 3 is 2.51 bits per heavy atom. The van der Waals surface area contributed by atoms with Crippen molar-refractivity contribution in [2.75, 3.05) is 13.2 Å². The molecule has 0 fully saturated rings. The van der Waals surface area contributed by atoms with Crippen molar-refractivity contribution in [2.24, 2.45) is 4.99 Å². The smallest absolute Gasteiger partial charge is 0.338 e. The van der Waals surface area contributed by atoms with Gasteiger partial charge in [0.2, 0.25) is 0 Å². The van der Waals surface area contributed by atoms with E-state index in [9.17, 15) is 14.7 Å². The van der Waals surface area contributed by atoms with E-state index < -0.39 is 12.0 Å². The molecule has 1 N–H and O–H groups in total. The second-order valence-corrected chi connectivity index (χ2v) is 11.7. The van der Waals surface area contributed by atoms with Crippen molar-refractivity contribution in [2.45, 2.75) is 59.4 Å². The lowest BCUT2D eigenvalue weighted by Gasteiger charge is -2.26. The van der Waals surface area contributed by atoms with E-state index in [1.807, 2.05) is 60.7 Å². The number of nitrogens with zero attached hydrogens (tertiary/aromatic N) is 2. The summed E-state index contributed by atoms with van der Waals surface area (Å²) in [7, 11) is 0. The molecule has 39 heavy (non-hydrogen) atoms. The molecule has 4 rings (SSSR count). The van der Waals surface area contributed by atoms with Gasteiger partial charge in [-0.15, -0.1) is 0 Å². The maximum absolute atomic E-state index is 14.0. The summed E-state index contributed by atoms with van der Waals surface area (Å²) in [4.78, 5) is 32.6. The summed E-state index contributed by atoms with van der Waals surface area (Å²) >= 11 is 3.33. The summed E-state index contributed by atoms with van der Waals surface area (Å²) in [5.74, 6) is 0.336. The number of carbonyl (C=O) groups excluding carboxylic acids is 1. The van der Waals surface area contributed by atoms with E-state index in [0.717, 1.165) is 17.5 Å². The molecule has 1 aromatic heterocycles. The molecule has 0 amide bonds. The lowest BCUT2D eigenvalue weighted by molar-refractivity contribution is -0.139. The number of hydrogen-bond acceptors (Lipinski definition) is 7. The topological polar surface area (TPSA) is 90.1 Å². The molecule has 2 aromatic carbocycles. The Morgan fingerprint density at radius 2 is 1.90 bits per heavy atom. The largest absolute Gasteiger partial charge is 0.504 e. The van der Waals surface area contributed by atoms with Crippen molar-refractivity contribution in [3.8, 4) is 11.5 Å². The Balaban J connectivity index is 1.97. The number of rotatable bonds is 9. The van der Waals surface area contributed by atoms with Crippen molar-refractivity contribution < 1.29 is 19.4 Å². The summed E-state index contributed by atoms with van der Waals surface area (Å²) in [6, 6.07) is 10.9. The maximum Gasteiger partial charge on any atom is 0.338 e. The molecule has 0 unspecified atom stereocenters. The van der Waals surface area contributed by atoms with Crippen LogP contribution >= 0.6 is 33.9 Å². The number of benzene rings is 2. The highest BCUT2D eigenvalue weighted by atomic mass is 127. The molecule has 3 aromatic rings. The van der Waals surface area contributed by atoms with Gasteiger partial charge in [0, 0.05) is 0 Å². The molecule has 0 bridgehead atoms. The van der Waals surface area contributed by atoms with E-state index in [-0.39, 0.29) is 17.9 Å². The molecule has 206 valence electrons. The summed E-state index contributed by atoms with van der Waals surface area (Å²) in [5.41, 5.74) is 3.55. The highest BCUT2D eigenvalue weighted by Crippen LogP contribution is 2.34. The molecule has 2 heterocycles. The van der Waals surface area contributed by atoms with E-state index in [1.54, 1.807) is 29.7 Å². The SMILES string of the molecule is CCCC1=C(C(=O)OCC)[C@@H](c2ccc(C(C)C)cc2)n2c(s/c(=C\c3cc(I)c(O)c(OCC)c3)c2=O)=N1. The van der Waals surface area contributed by atoms with Gasteiger partial charge in [-0.2, -0.15) is 0 Å². The molecule has 0 saturated carbocycles. The quantitative estimate of drug-likeness (QED) is 0.245. The van der Waals surface area contributed by atoms with E-state index in [1.165, 1.54) is 16.9 Å². The van der Waals surface area contributed by atoms with E-state index in [0.29, 0.717) is 48.9 Å². The van der Waals surface area contributed by atoms with Crippen LogP contribution in [0.3, 0.4) is 0 Å². The zero-order valence-corrected chi connectivity index (χ0v) is 25.8. The molecule has 0 aliphatic carbocycles. The predicted molar refractivity (Wildman–Crippen MR) is 162 cm³/mol. The molecule has 1 aliphatic heterocycles. The first kappa shape index (κ1) is 29.1. The van der Waals surface area contributed by atoms with Crippen LogP contribution in [-0.4, -0.2) is 28.9 Å². The van der Waals surface area contributed by atoms with E-state index >= 15 is 0 Å². The Labute approximate surface area is 245 Å². The number of allylic oxidation sites excluding steroid dienone is 1. The van der Waals surface area contributed by atoms with Gasteiger partial charge in [0.05, 0.1) is 38.6 Å². The van der Waals surface area contributed by atoms with E-state index in [4.69, 9.17) is 14.5 Å². The number of aromatic nitrogens is 1. The van der Waals surface area contributed by atoms with Crippen LogP contribution < -0.4 is 19.6 Å². The summed E-state index contributed by atoms with van der Waals surface area (Å²) in [6.45, 7) is 10.5. The summed E-state index contributed by atoms with van der Waals surface area (Å²) in [6.07, 6.45) is 3.16. The second-order valence-electron chi connectivity index (χ2n) is 9.52. The van der Waals surface area contributed by atoms with Crippen LogP contribution in [0.15, 0.2) is 57.5 Å². The predicted octanol–water partition coefficient (Wildman–Crippen LogP) is 5.41. The van der Waals surface area contributed by atoms with Crippen LogP contribution in [-0.2, 0) is 9.53 Å². The Kier molecular flexibility index (Phi) is 9.32. The molecule has 0 radical (unpaired) electrons. The van der Waals surface area contributed by atoms with Gasteiger partial charge < -0.3 is 14.6 Å². The third-order valence-corrected chi connectivity index (χ3v) is 8.26. The number of fused-ring (bicyclic) bond motifs is 1. The Hall–Kier alpha value is -2.92. The third-order valence-electron chi connectivity index (χ3n) is 6.46. The minimum Gasteiger partial charge on any atom is -0.504 e. The number of phenolic OH excluding ortho intramolecular Hbond substituents is 1. The number of thiazole rings is 1.